The number of hydrogen-bond donors (Lipinski definition) is 0. The highest BCUT2D eigenvalue weighted by Gasteiger charge is 2.20. The molecule has 0 saturated carbocycles. The van der Waals surface area contributed by atoms with Crippen LogP contribution in [0.3, 0.4) is 0 Å². The Hall–Kier alpha value is -3.13. The lowest BCUT2D eigenvalue weighted by atomic mass is 10.1. The van der Waals surface area contributed by atoms with Crippen LogP contribution < -0.4 is 9.47 Å². The van der Waals surface area contributed by atoms with Crippen molar-refractivity contribution in [1.29, 1.82) is 0 Å². The van der Waals surface area contributed by atoms with E-state index < -0.39 is 0 Å². The molecule has 0 radical (unpaired) electrons. The van der Waals surface area contributed by atoms with Gasteiger partial charge in [0.05, 0.1) is 12.9 Å². The molecule has 6 nitrogen and oxygen atoms in total. The van der Waals surface area contributed by atoms with Crippen molar-refractivity contribution in [2.24, 2.45) is 0 Å². The molecule has 3 rings (SSSR count). The van der Waals surface area contributed by atoms with Crippen molar-refractivity contribution in [1.82, 2.24) is 14.8 Å². The van der Waals surface area contributed by atoms with Gasteiger partial charge < -0.3 is 9.47 Å². The predicted octanol–water partition coefficient (Wildman–Crippen LogP) is 4.73. The van der Waals surface area contributed by atoms with Gasteiger partial charge in [-0.05, 0) is 43.3 Å². The number of ketones is 1. The minimum atomic E-state index is -0.383. The van der Waals surface area contributed by atoms with Gasteiger partial charge in [-0.15, -0.1) is 16.8 Å². The van der Waals surface area contributed by atoms with Gasteiger partial charge in [0.15, 0.2) is 22.9 Å². The summed E-state index contributed by atoms with van der Waals surface area (Å²) < 4.78 is 26.1. The molecular weight excluding hydrogens is 405 g/mol. The summed E-state index contributed by atoms with van der Waals surface area (Å²) in [6.45, 7) is 6.14. The molecular formula is C22H22FN3O3S. The monoisotopic (exact) mass is 427 g/mol. The summed E-state index contributed by atoms with van der Waals surface area (Å²) in [5.74, 6) is 1.63. The van der Waals surface area contributed by atoms with E-state index in [4.69, 9.17) is 9.47 Å². The normalized spacial score (nSPS) is 11.7. The molecule has 0 amide bonds. The van der Waals surface area contributed by atoms with E-state index in [-0.39, 0.29) is 23.5 Å². The zero-order chi connectivity index (χ0) is 21.5. The highest BCUT2D eigenvalue weighted by Crippen LogP contribution is 2.27. The summed E-state index contributed by atoms with van der Waals surface area (Å²) >= 11 is 1.27. The molecule has 1 aromatic heterocycles. The van der Waals surface area contributed by atoms with Gasteiger partial charge in [0.1, 0.15) is 17.3 Å². The fraction of sp³-hybridized carbons (Fsp3) is 0.227. The van der Waals surface area contributed by atoms with E-state index in [1.807, 2.05) is 29.7 Å². The number of hydrogen-bond acceptors (Lipinski definition) is 6. The van der Waals surface area contributed by atoms with E-state index in [2.05, 4.69) is 16.8 Å². The second kappa shape index (κ2) is 10.1. The first-order chi connectivity index (χ1) is 14.5. The molecule has 0 N–H and O–H groups in total. The van der Waals surface area contributed by atoms with E-state index in [1.165, 1.54) is 36.0 Å². The first kappa shape index (κ1) is 21.6. The maximum absolute atomic E-state index is 13.0. The van der Waals surface area contributed by atoms with Gasteiger partial charge in [-0.25, -0.2) is 4.39 Å². The van der Waals surface area contributed by atoms with Crippen molar-refractivity contribution in [2.75, 3.05) is 12.9 Å². The molecule has 1 atom stereocenters. The number of Topliss-reactive ketones (excluding diaryl/α,β-unsaturated/α-hetero) is 1. The van der Waals surface area contributed by atoms with Gasteiger partial charge in [-0.2, -0.15) is 0 Å². The van der Waals surface area contributed by atoms with Gasteiger partial charge in [0.2, 0.25) is 0 Å². The molecule has 0 saturated heterocycles. The van der Waals surface area contributed by atoms with Crippen LogP contribution in [0.5, 0.6) is 11.5 Å². The maximum atomic E-state index is 13.0. The van der Waals surface area contributed by atoms with Crippen LogP contribution in [0.15, 0.2) is 66.3 Å². The predicted molar refractivity (Wildman–Crippen MR) is 114 cm³/mol. The molecule has 8 heteroatoms. The average molecular weight is 428 g/mol. The molecule has 0 bridgehead atoms. The first-order valence-corrected chi connectivity index (χ1v) is 10.3. The lowest BCUT2D eigenvalue weighted by molar-refractivity contribution is 0.102. The Balaban J connectivity index is 1.72. The molecule has 0 fully saturated rings. The van der Waals surface area contributed by atoms with E-state index in [0.717, 1.165) is 0 Å². The number of aromatic nitrogens is 3. The third kappa shape index (κ3) is 5.27. The van der Waals surface area contributed by atoms with Crippen LogP contribution in [0.2, 0.25) is 0 Å². The number of benzene rings is 2. The standard InChI is InChI=1S/C22H22FN3O3S/c1-4-12-26-21(15(2)29-19-7-5-6-18(13-19)28-3)24-25-22(26)30-14-20(27)16-8-10-17(23)11-9-16/h4-11,13,15H,1,12,14H2,2-3H3. The van der Waals surface area contributed by atoms with Crippen molar-refractivity contribution in [3.05, 3.63) is 78.4 Å². The number of nitrogens with zero attached hydrogens (tertiary/aromatic N) is 3. The second-order valence-corrected chi connectivity index (χ2v) is 7.34. The minimum Gasteiger partial charge on any atom is -0.497 e. The topological polar surface area (TPSA) is 66.2 Å². The Morgan fingerprint density at radius 3 is 2.67 bits per heavy atom. The van der Waals surface area contributed by atoms with Crippen LogP contribution in [0.25, 0.3) is 0 Å². The molecule has 30 heavy (non-hydrogen) atoms. The number of carbonyl (C=O) groups is 1. The van der Waals surface area contributed by atoms with Crippen molar-refractivity contribution in [2.45, 2.75) is 24.7 Å². The van der Waals surface area contributed by atoms with Crippen LogP contribution in [0.4, 0.5) is 4.39 Å². The zero-order valence-electron chi connectivity index (χ0n) is 16.7. The Labute approximate surface area is 178 Å². The SMILES string of the molecule is C=CCn1c(SCC(=O)c2ccc(F)cc2)nnc1C(C)Oc1cccc(OC)c1. The summed E-state index contributed by atoms with van der Waals surface area (Å²) in [4.78, 5) is 12.4. The fourth-order valence-electron chi connectivity index (χ4n) is 2.79. The summed E-state index contributed by atoms with van der Waals surface area (Å²) in [5, 5.41) is 9.07. The van der Waals surface area contributed by atoms with Crippen molar-refractivity contribution in [3.63, 3.8) is 0 Å². The smallest absolute Gasteiger partial charge is 0.192 e. The number of thioether (sulfide) groups is 1. The number of carbonyl (C=O) groups excluding carboxylic acids is 1. The van der Waals surface area contributed by atoms with Crippen LogP contribution in [-0.4, -0.2) is 33.4 Å². The Morgan fingerprint density at radius 2 is 1.97 bits per heavy atom. The van der Waals surface area contributed by atoms with Gasteiger partial charge in [-0.1, -0.05) is 23.9 Å². The second-order valence-electron chi connectivity index (χ2n) is 6.40. The molecule has 1 unspecified atom stereocenters. The van der Waals surface area contributed by atoms with E-state index >= 15 is 0 Å². The summed E-state index contributed by atoms with van der Waals surface area (Å²) in [7, 11) is 1.60. The fourth-order valence-corrected chi connectivity index (χ4v) is 3.64. The third-order valence-corrected chi connectivity index (χ3v) is 5.24. The minimum absolute atomic E-state index is 0.115. The molecule has 0 aliphatic rings. The third-order valence-electron chi connectivity index (χ3n) is 4.27. The van der Waals surface area contributed by atoms with Crippen molar-refractivity contribution < 1.29 is 18.7 Å². The molecule has 156 valence electrons. The Morgan fingerprint density at radius 1 is 1.23 bits per heavy atom. The van der Waals surface area contributed by atoms with Gasteiger partial charge in [0.25, 0.3) is 0 Å². The highest BCUT2D eigenvalue weighted by molar-refractivity contribution is 7.99. The zero-order valence-corrected chi connectivity index (χ0v) is 17.6. The van der Waals surface area contributed by atoms with Gasteiger partial charge >= 0.3 is 0 Å². The van der Waals surface area contributed by atoms with E-state index in [9.17, 15) is 9.18 Å². The maximum Gasteiger partial charge on any atom is 0.192 e. The summed E-state index contributed by atoms with van der Waals surface area (Å²) in [5.41, 5.74) is 0.452. The van der Waals surface area contributed by atoms with Crippen LogP contribution >= 0.6 is 11.8 Å². The lowest BCUT2D eigenvalue weighted by Crippen LogP contribution is -2.12. The van der Waals surface area contributed by atoms with E-state index in [1.54, 1.807) is 19.3 Å². The van der Waals surface area contributed by atoms with Gasteiger partial charge in [-0.3, -0.25) is 9.36 Å². The number of ether oxygens (including phenoxy) is 2. The molecule has 0 aliphatic carbocycles. The molecule has 1 heterocycles. The quantitative estimate of drug-likeness (QED) is 0.265. The van der Waals surface area contributed by atoms with Crippen LogP contribution in [0, 0.1) is 5.82 Å². The van der Waals surface area contributed by atoms with Crippen LogP contribution in [-0.2, 0) is 6.54 Å². The van der Waals surface area contributed by atoms with Crippen LogP contribution in [0.1, 0.15) is 29.2 Å². The largest absolute Gasteiger partial charge is 0.497 e. The van der Waals surface area contributed by atoms with Crippen molar-refractivity contribution >= 4 is 17.5 Å². The lowest BCUT2D eigenvalue weighted by Gasteiger charge is -2.16. The Bertz CT molecular complexity index is 1020. The first-order valence-electron chi connectivity index (χ1n) is 9.28. The molecule has 3 aromatic rings. The van der Waals surface area contributed by atoms with E-state index in [0.29, 0.717) is 34.6 Å². The van der Waals surface area contributed by atoms with Gasteiger partial charge in [0, 0.05) is 18.2 Å². The molecule has 0 aliphatic heterocycles. The number of rotatable bonds is 10. The summed E-state index contributed by atoms with van der Waals surface area (Å²) in [6, 6.07) is 12.8. The average Bonchev–Trinajstić information content (AvgIpc) is 3.15. The number of halogens is 1. The molecule has 2 aromatic carbocycles. The highest BCUT2D eigenvalue weighted by atomic mass is 32.2. The van der Waals surface area contributed by atoms with Crippen molar-refractivity contribution in [3.8, 4) is 11.5 Å². The molecule has 0 spiro atoms. The summed E-state index contributed by atoms with van der Waals surface area (Å²) in [6.07, 6.45) is 1.35. The number of methoxy groups -OCH3 is 1. The number of allylic oxidation sites excluding steroid dienone is 1. The Kier molecular flexibility index (Phi) is 7.24.